The maximum atomic E-state index is 12.9. The van der Waals surface area contributed by atoms with E-state index in [1.165, 1.54) is 6.07 Å². The predicted octanol–water partition coefficient (Wildman–Crippen LogP) is 3.31. The zero-order chi connectivity index (χ0) is 17.0. The first-order valence-corrected chi connectivity index (χ1v) is 8.01. The number of hydrogen-bond donors (Lipinski definition) is 2. The topological polar surface area (TPSA) is 41.1 Å². The first kappa shape index (κ1) is 17.8. The molecule has 3 unspecified atom stereocenters. The van der Waals surface area contributed by atoms with Gasteiger partial charge in [0.2, 0.25) is 5.91 Å². The molecule has 0 saturated carbocycles. The van der Waals surface area contributed by atoms with Crippen molar-refractivity contribution in [2.45, 2.75) is 44.8 Å². The average Bonchev–Trinajstić information content (AvgIpc) is 2.50. The van der Waals surface area contributed by atoms with E-state index in [9.17, 15) is 18.0 Å². The third-order valence-corrected chi connectivity index (χ3v) is 4.50. The zero-order valence-corrected chi connectivity index (χ0v) is 13.4. The van der Waals surface area contributed by atoms with Crippen molar-refractivity contribution >= 4 is 5.91 Å². The van der Waals surface area contributed by atoms with Crippen LogP contribution < -0.4 is 10.6 Å². The summed E-state index contributed by atoms with van der Waals surface area (Å²) in [5, 5.41) is 6.23. The molecule has 2 N–H and O–H groups in total. The van der Waals surface area contributed by atoms with Gasteiger partial charge in [0, 0.05) is 12.6 Å². The number of amides is 1. The van der Waals surface area contributed by atoms with E-state index in [0.717, 1.165) is 25.1 Å². The van der Waals surface area contributed by atoms with E-state index in [1.807, 2.05) is 6.92 Å². The lowest BCUT2D eigenvalue weighted by atomic mass is 9.91. The summed E-state index contributed by atoms with van der Waals surface area (Å²) in [5.41, 5.74) is -0.301. The monoisotopic (exact) mass is 328 g/mol. The van der Waals surface area contributed by atoms with Crippen molar-refractivity contribution in [1.82, 2.24) is 10.6 Å². The van der Waals surface area contributed by atoms with Gasteiger partial charge >= 0.3 is 6.18 Å². The van der Waals surface area contributed by atoms with Crippen LogP contribution in [0.15, 0.2) is 24.3 Å². The molecule has 0 aromatic heterocycles. The van der Waals surface area contributed by atoms with Crippen LogP contribution in [0.2, 0.25) is 0 Å². The smallest absolute Gasteiger partial charge is 0.351 e. The maximum absolute atomic E-state index is 12.9. The lowest BCUT2D eigenvalue weighted by Gasteiger charge is -2.31. The van der Waals surface area contributed by atoms with Gasteiger partial charge < -0.3 is 10.6 Å². The van der Waals surface area contributed by atoms with Crippen LogP contribution in [0, 0.1) is 5.92 Å². The summed E-state index contributed by atoms with van der Waals surface area (Å²) in [5.74, 6) is -0.405. The van der Waals surface area contributed by atoms with E-state index >= 15 is 0 Å². The van der Waals surface area contributed by atoms with Crippen molar-refractivity contribution in [3.05, 3.63) is 35.4 Å². The molecule has 0 spiro atoms. The molecular weight excluding hydrogens is 305 g/mol. The number of hydrogen-bond acceptors (Lipinski definition) is 2. The molecule has 0 radical (unpaired) electrons. The summed E-state index contributed by atoms with van der Waals surface area (Å²) >= 11 is 0. The van der Waals surface area contributed by atoms with Gasteiger partial charge in [-0.3, -0.25) is 4.79 Å². The summed E-state index contributed by atoms with van der Waals surface area (Å²) < 4.78 is 38.6. The number of carbonyl (C=O) groups is 1. The van der Waals surface area contributed by atoms with Gasteiger partial charge in [0.05, 0.1) is 11.5 Å². The van der Waals surface area contributed by atoms with Crippen LogP contribution in [0.3, 0.4) is 0 Å². The number of alkyl halides is 3. The van der Waals surface area contributed by atoms with Crippen molar-refractivity contribution in [1.29, 1.82) is 0 Å². The molecule has 3 atom stereocenters. The fourth-order valence-corrected chi connectivity index (χ4v) is 2.97. The highest BCUT2D eigenvalue weighted by Gasteiger charge is 2.32. The molecule has 0 bridgehead atoms. The second-order valence-electron chi connectivity index (χ2n) is 6.17. The maximum Gasteiger partial charge on any atom is 0.416 e. The molecule has 128 valence electrons. The summed E-state index contributed by atoms with van der Waals surface area (Å²) in [6.07, 6.45) is -2.96. The molecule has 1 aliphatic rings. The summed E-state index contributed by atoms with van der Waals surface area (Å²) in [6, 6.07) is 5.08. The fourth-order valence-electron chi connectivity index (χ4n) is 2.97. The van der Waals surface area contributed by atoms with Crippen molar-refractivity contribution < 1.29 is 18.0 Å². The van der Waals surface area contributed by atoms with E-state index in [2.05, 4.69) is 17.6 Å². The van der Waals surface area contributed by atoms with Crippen molar-refractivity contribution in [3.63, 3.8) is 0 Å². The van der Waals surface area contributed by atoms with Crippen LogP contribution in [0.1, 0.15) is 43.7 Å². The molecule has 1 aliphatic heterocycles. The normalized spacial score (nSPS) is 23.3. The Morgan fingerprint density at radius 1 is 1.43 bits per heavy atom. The fraction of sp³-hybridized carbons (Fsp3) is 0.588. The Kier molecular flexibility index (Phi) is 5.68. The molecule has 6 heteroatoms. The van der Waals surface area contributed by atoms with E-state index in [4.69, 9.17) is 0 Å². The highest BCUT2D eigenvalue weighted by atomic mass is 19.4. The van der Waals surface area contributed by atoms with Crippen LogP contribution in [-0.4, -0.2) is 25.0 Å². The van der Waals surface area contributed by atoms with Crippen molar-refractivity contribution in [2.24, 2.45) is 5.92 Å². The van der Waals surface area contributed by atoms with Gasteiger partial charge in [-0.2, -0.15) is 13.2 Å². The van der Waals surface area contributed by atoms with Gasteiger partial charge in [0.15, 0.2) is 0 Å². The van der Waals surface area contributed by atoms with Gasteiger partial charge in [0.25, 0.3) is 0 Å². The molecule has 1 saturated heterocycles. The Hall–Kier alpha value is -1.56. The minimum atomic E-state index is -4.40. The average molecular weight is 328 g/mol. The molecule has 2 rings (SSSR count). The Morgan fingerprint density at radius 3 is 2.78 bits per heavy atom. The van der Waals surface area contributed by atoms with Gasteiger partial charge in [-0.1, -0.05) is 32.0 Å². The van der Waals surface area contributed by atoms with Crippen molar-refractivity contribution in [2.75, 3.05) is 13.1 Å². The second-order valence-corrected chi connectivity index (χ2v) is 6.17. The van der Waals surface area contributed by atoms with Gasteiger partial charge in [-0.05, 0) is 36.9 Å². The van der Waals surface area contributed by atoms with Crippen LogP contribution in [0.5, 0.6) is 0 Å². The largest absolute Gasteiger partial charge is 0.416 e. The van der Waals surface area contributed by atoms with Gasteiger partial charge in [0.1, 0.15) is 0 Å². The SMILES string of the molecule is CCC(C(=O)NC1CNCCC1C)c1cccc(C(F)(F)F)c1. The van der Waals surface area contributed by atoms with Crippen LogP contribution in [0.4, 0.5) is 13.2 Å². The highest BCUT2D eigenvalue weighted by Crippen LogP contribution is 2.32. The first-order chi connectivity index (χ1) is 10.8. The minimum Gasteiger partial charge on any atom is -0.351 e. The van der Waals surface area contributed by atoms with Crippen LogP contribution >= 0.6 is 0 Å². The summed E-state index contributed by atoms with van der Waals surface area (Å²) in [4.78, 5) is 12.5. The minimum absolute atomic E-state index is 0.0242. The number of carbonyl (C=O) groups excluding carboxylic acids is 1. The van der Waals surface area contributed by atoms with E-state index < -0.39 is 17.7 Å². The highest BCUT2D eigenvalue weighted by molar-refractivity contribution is 5.84. The summed E-state index contributed by atoms with van der Waals surface area (Å²) in [6.45, 7) is 5.52. The standard InChI is InChI=1S/C17H23F3N2O/c1-3-14(12-5-4-6-13(9-12)17(18,19)20)16(23)22-15-10-21-8-7-11(15)2/h4-6,9,11,14-15,21H,3,7-8,10H2,1-2H3,(H,22,23). The van der Waals surface area contributed by atoms with E-state index in [1.54, 1.807) is 6.07 Å². The molecule has 0 aliphatic carbocycles. The molecule has 1 aromatic rings. The molecule has 1 fully saturated rings. The third-order valence-electron chi connectivity index (χ3n) is 4.50. The Bertz CT molecular complexity index is 545. The number of rotatable bonds is 4. The van der Waals surface area contributed by atoms with Gasteiger partial charge in [-0.15, -0.1) is 0 Å². The Labute approximate surface area is 134 Å². The number of benzene rings is 1. The van der Waals surface area contributed by atoms with Crippen molar-refractivity contribution in [3.8, 4) is 0 Å². The van der Waals surface area contributed by atoms with Gasteiger partial charge in [-0.25, -0.2) is 0 Å². The number of halogens is 3. The number of piperidine rings is 1. The molecule has 23 heavy (non-hydrogen) atoms. The molecule has 3 nitrogen and oxygen atoms in total. The van der Waals surface area contributed by atoms with Crippen LogP contribution in [-0.2, 0) is 11.0 Å². The first-order valence-electron chi connectivity index (χ1n) is 8.01. The zero-order valence-electron chi connectivity index (χ0n) is 13.4. The Balaban J connectivity index is 2.14. The molecule has 1 amide bonds. The molecule has 1 heterocycles. The van der Waals surface area contributed by atoms with E-state index in [-0.39, 0.29) is 11.9 Å². The molecule has 1 aromatic carbocycles. The predicted molar refractivity (Wildman–Crippen MR) is 83.1 cm³/mol. The summed E-state index contributed by atoms with van der Waals surface area (Å²) in [7, 11) is 0. The third kappa shape index (κ3) is 4.47. The van der Waals surface area contributed by atoms with Crippen LogP contribution in [0.25, 0.3) is 0 Å². The Morgan fingerprint density at radius 2 is 2.17 bits per heavy atom. The number of nitrogens with one attached hydrogen (secondary N) is 2. The lowest BCUT2D eigenvalue weighted by Crippen LogP contribution is -2.51. The lowest BCUT2D eigenvalue weighted by molar-refractivity contribution is -0.137. The molecular formula is C17H23F3N2O. The second kappa shape index (κ2) is 7.34. The quantitative estimate of drug-likeness (QED) is 0.890. The van der Waals surface area contributed by atoms with E-state index in [0.29, 0.717) is 24.4 Å².